The minimum Gasteiger partial charge on any atom is -0.345 e. The molecule has 2 aromatic carbocycles. The van der Waals surface area contributed by atoms with Gasteiger partial charge in [-0.25, -0.2) is 4.98 Å². The van der Waals surface area contributed by atoms with Crippen LogP contribution < -0.4 is 10.2 Å². The third-order valence-corrected chi connectivity index (χ3v) is 6.17. The largest absolute Gasteiger partial charge is 0.345 e. The SMILES string of the molecule is C[C@@H](NC(=O)C[NH+](C)[C@@H](C)c1nc2ccccc2s1)c1ccccc1Cl. The smallest absolute Gasteiger partial charge is 0.275 e. The molecule has 0 aliphatic heterocycles. The first kappa shape index (κ1) is 18.8. The highest BCUT2D eigenvalue weighted by Crippen LogP contribution is 2.25. The van der Waals surface area contributed by atoms with Gasteiger partial charge < -0.3 is 10.2 Å². The number of amides is 1. The fourth-order valence-electron chi connectivity index (χ4n) is 2.89. The highest BCUT2D eigenvalue weighted by molar-refractivity contribution is 7.18. The highest BCUT2D eigenvalue weighted by Gasteiger charge is 2.23. The van der Waals surface area contributed by atoms with Crippen LogP contribution in [0, 0.1) is 0 Å². The van der Waals surface area contributed by atoms with Gasteiger partial charge in [-0.1, -0.05) is 41.9 Å². The van der Waals surface area contributed by atoms with Crippen LogP contribution in [0.4, 0.5) is 0 Å². The Bertz CT molecular complexity index is 878. The Morgan fingerprint density at radius 2 is 1.88 bits per heavy atom. The predicted octanol–water partition coefficient (Wildman–Crippen LogP) is 3.40. The van der Waals surface area contributed by atoms with Gasteiger partial charge in [0.25, 0.3) is 5.91 Å². The molecule has 136 valence electrons. The number of carbonyl (C=O) groups is 1. The van der Waals surface area contributed by atoms with E-state index in [2.05, 4.69) is 18.3 Å². The van der Waals surface area contributed by atoms with E-state index in [-0.39, 0.29) is 18.0 Å². The molecule has 3 rings (SSSR count). The molecule has 0 fully saturated rings. The monoisotopic (exact) mass is 388 g/mol. The summed E-state index contributed by atoms with van der Waals surface area (Å²) in [6.45, 7) is 4.44. The molecule has 1 amide bonds. The summed E-state index contributed by atoms with van der Waals surface area (Å²) in [4.78, 5) is 18.3. The van der Waals surface area contributed by atoms with E-state index in [4.69, 9.17) is 16.6 Å². The van der Waals surface area contributed by atoms with Gasteiger partial charge in [-0.05, 0) is 37.6 Å². The van der Waals surface area contributed by atoms with Crippen molar-refractivity contribution in [1.82, 2.24) is 10.3 Å². The van der Waals surface area contributed by atoms with Crippen molar-refractivity contribution in [3.63, 3.8) is 0 Å². The summed E-state index contributed by atoms with van der Waals surface area (Å²) in [5, 5.41) is 4.76. The van der Waals surface area contributed by atoms with Gasteiger partial charge in [0.2, 0.25) is 0 Å². The second kappa shape index (κ2) is 8.16. The quantitative estimate of drug-likeness (QED) is 0.679. The molecule has 0 saturated heterocycles. The molecule has 1 aromatic heterocycles. The first-order chi connectivity index (χ1) is 12.5. The van der Waals surface area contributed by atoms with Gasteiger partial charge in [-0.15, -0.1) is 11.3 Å². The van der Waals surface area contributed by atoms with Crippen molar-refractivity contribution < 1.29 is 9.69 Å². The van der Waals surface area contributed by atoms with Crippen molar-refractivity contribution in [3.05, 3.63) is 64.1 Å². The van der Waals surface area contributed by atoms with E-state index >= 15 is 0 Å². The summed E-state index contributed by atoms with van der Waals surface area (Å²) in [6.07, 6.45) is 0. The fraction of sp³-hybridized carbons (Fsp3) is 0.300. The van der Waals surface area contributed by atoms with Crippen molar-refractivity contribution in [2.45, 2.75) is 25.9 Å². The Labute approximate surface area is 162 Å². The van der Waals surface area contributed by atoms with Crippen LogP contribution in [0.25, 0.3) is 10.2 Å². The number of quaternary nitrogens is 1. The predicted molar refractivity (Wildman–Crippen MR) is 108 cm³/mol. The zero-order valence-corrected chi connectivity index (χ0v) is 16.7. The lowest BCUT2D eigenvalue weighted by molar-refractivity contribution is -0.902. The van der Waals surface area contributed by atoms with Crippen LogP contribution in [0.1, 0.15) is 36.5 Å². The summed E-state index contributed by atoms with van der Waals surface area (Å²) in [5.41, 5.74) is 1.95. The van der Waals surface area contributed by atoms with Crippen molar-refractivity contribution in [2.75, 3.05) is 13.6 Å². The summed E-state index contributed by atoms with van der Waals surface area (Å²) >= 11 is 7.91. The van der Waals surface area contributed by atoms with E-state index in [1.807, 2.05) is 56.4 Å². The average Bonchev–Trinajstić information content (AvgIpc) is 3.05. The average molecular weight is 389 g/mol. The van der Waals surface area contributed by atoms with E-state index in [0.717, 1.165) is 21.0 Å². The normalized spacial score (nSPS) is 14.8. The number of likely N-dealkylation sites (N-methyl/N-ethyl adjacent to an activating group) is 1. The Morgan fingerprint density at radius 1 is 1.19 bits per heavy atom. The summed E-state index contributed by atoms with van der Waals surface area (Å²) in [7, 11) is 2.02. The molecule has 3 aromatic rings. The number of fused-ring (bicyclic) bond motifs is 1. The number of para-hydroxylation sites is 1. The van der Waals surface area contributed by atoms with Crippen LogP contribution in [0.5, 0.6) is 0 Å². The zero-order chi connectivity index (χ0) is 18.7. The summed E-state index contributed by atoms with van der Waals surface area (Å²) in [5.74, 6) is 0.00267. The molecule has 0 saturated carbocycles. The fourth-order valence-corrected chi connectivity index (χ4v) is 4.30. The first-order valence-corrected chi connectivity index (χ1v) is 9.86. The topological polar surface area (TPSA) is 46.4 Å². The number of carbonyl (C=O) groups excluding carboxylic acids is 1. The molecule has 0 radical (unpaired) electrons. The lowest BCUT2D eigenvalue weighted by Gasteiger charge is -2.21. The maximum atomic E-state index is 12.5. The zero-order valence-electron chi connectivity index (χ0n) is 15.1. The van der Waals surface area contributed by atoms with Crippen molar-refractivity contribution in [1.29, 1.82) is 0 Å². The number of nitrogens with one attached hydrogen (secondary N) is 2. The number of rotatable bonds is 6. The Hall–Kier alpha value is -1.95. The molecule has 0 bridgehead atoms. The minimum atomic E-state index is -0.123. The van der Waals surface area contributed by atoms with Crippen molar-refractivity contribution >= 4 is 39.1 Å². The molecular weight excluding hydrogens is 366 g/mol. The van der Waals surface area contributed by atoms with E-state index in [1.165, 1.54) is 4.70 Å². The van der Waals surface area contributed by atoms with Crippen LogP contribution >= 0.6 is 22.9 Å². The number of nitrogens with zero attached hydrogens (tertiary/aromatic N) is 1. The maximum absolute atomic E-state index is 12.5. The van der Waals surface area contributed by atoms with Crippen LogP contribution in [-0.4, -0.2) is 24.5 Å². The highest BCUT2D eigenvalue weighted by atomic mass is 35.5. The third-order valence-electron chi connectivity index (χ3n) is 4.61. The molecule has 6 heteroatoms. The van der Waals surface area contributed by atoms with Gasteiger partial charge in [0.1, 0.15) is 6.04 Å². The standard InChI is InChI=1S/C20H22ClN3OS/c1-13(15-8-4-5-9-16(15)21)22-19(25)12-24(3)14(2)20-23-17-10-6-7-11-18(17)26-20/h4-11,13-14H,12H2,1-3H3,(H,22,25)/p+1/t13-,14+/m1/s1. The molecule has 0 aliphatic rings. The lowest BCUT2D eigenvalue weighted by Crippen LogP contribution is -3.10. The van der Waals surface area contributed by atoms with Crippen LogP contribution in [0.3, 0.4) is 0 Å². The number of hydrogen-bond acceptors (Lipinski definition) is 3. The summed E-state index contributed by atoms with van der Waals surface area (Å²) in [6, 6.07) is 15.7. The number of hydrogen-bond donors (Lipinski definition) is 2. The van der Waals surface area contributed by atoms with Gasteiger partial charge >= 0.3 is 0 Å². The second-order valence-electron chi connectivity index (χ2n) is 6.58. The Kier molecular flexibility index (Phi) is 5.91. The van der Waals surface area contributed by atoms with Crippen LogP contribution in [0.2, 0.25) is 5.02 Å². The molecule has 4 nitrogen and oxygen atoms in total. The minimum absolute atomic E-state index is 0.00267. The Balaban J connectivity index is 1.62. The molecule has 3 atom stereocenters. The molecule has 0 aliphatic carbocycles. The van der Waals surface area contributed by atoms with Crippen molar-refractivity contribution in [3.8, 4) is 0 Å². The molecule has 1 unspecified atom stereocenters. The molecule has 1 heterocycles. The molecule has 0 spiro atoms. The van der Waals surface area contributed by atoms with E-state index in [0.29, 0.717) is 11.6 Å². The lowest BCUT2D eigenvalue weighted by atomic mass is 10.1. The summed E-state index contributed by atoms with van der Waals surface area (Å²) < 4.78 is 1.18. The van der Waals surface area contributed by atoms with E-state index in [1.54, 1.807) is 11.3 Å². The van der Waals surface area contributed by atoms with Gasteiger partial charge in [0.15, 0.2) is 11.6 Å². The van der Waals surface area contributed by atoms with E-state index < -0.39 is 0 Å². The molecule has 2 N–H and O–H groups in total. The van der Waals surface area contributed by atoms with Gasteiger partial charge in [-0.3, -0.25) is 4.79 Å². The molecular formula is C20H23ClN3OS+. The maximum Gasteiger partial charge on any atom is 0.275 e. The number of halogens is 1. The Morgan fingerprint density at radius 3 is 2.62 bits per heavy atom. The number of benzene rings is 2. The van der Waals surface area contributed by atoms with Gasteiger partial charge in [0.05, 0.1) is 23.3 Å². The first-order valence-electron chi connectivity index (χ1n) is 8.67. The van der Waals surface area contributed by atoms with Crippen LogP contribution in [-0.2, 0) is 4.79 Å². The number of thiazole rings is 1. The van der Waals surface area contributed by atoms with E-state index in [9.17, 15) is 4.79 Å². The van der Waals surface area contributed by atoms with Crippen molar-refractivity contribution in [2.24, 2.45) is 0 Å². The van der Waals surface area contributed by atoms with Crippen LogP contribution in [0.15, 0.2) is 48.5 Å². The number of aromatic nitrogens is 1. The van der Waals surface area contributed by atoms with Gasteiger partial charge in [0, 0.05) is 5.02 Å². The third kappa shape index (κ3) is 4.23. The van der Waals surface area contributed by atoms with Gasteiger partial charge in [-0.2, -0.15) is 0 Å². The molecule has 26 heavy (non-hydrogen) atoms. The second-order valence-corrected chi connectivity index (χ2v) is 8.04.